The van der Waals surface area contributed by atoms with E-state index in [2.05, 4.69) is 9.26 Å². The molecule has 0 aromatic heterocycles. The van der Waals surface area contributed by atoms with Gasteiger partial charge in [-0.25, -0.2) is 0 Å². The first kappa shape index (κ1) is 19.8. The summed E-state index contributed by atoms with van der Waals surface area (Å²) < 4.78 is 18.4. The summed E-state index contributed by atoms with van der Waals surface area (Å²) in [5.74, 6) is 0. The molecule has 16 heavy (non-hydrogen) atoms. The summed E-state index contributed by atoms with van der Waals surface area (Å²) in [6, 6.07) is 0. The predicted molar refractivity (Wildman–Crippen MR) is 45.8 cm³/mol. The molecule has 0 amide bonds. The Morgan fingerprint density at radius 3 is 2.06 bits per heavy atom. The number of hydrogen-bond donors (Lipinski definition) is 3. The zero-order valence-corrected chi connectivity index (χ0v) is 13.4. The van der Waals surface area contributed by atoms with Gasteiger partial charge in [0.05, 0.1) is 14.4 Å². The fraction of sp³-hybridized carbons (Fsp3) is 1.00. The van der Waals surface area contributed by atoms with Crippen LogP contribution in [0.4, 0.5) is 0 Å². The van der Waals surface area contributed by atoms with Gasteiger partial charge in [-0.05, 0) is 0 Å². The molecule has 1 saturated heterocycles. The van der Waals surface area contributed by atoms with E-state index in [9.17, 15) is 14.4 Å². The maximum atomic E-state index is 10.0. The van der Waals surface area contributed by atoms with Crippen molar-refractivity contribution in [3.05, 3.63) is 0 Å². The smallest absolute Gasteiger partial charge is 0.790 e. The van der Waals surface area contributed by atoms with Gasteiger partial charge in [-0.2, -0.15) is 0 Å². The molecule has 0 radical (unpaired) electrons. The molecule has 1 aliphatic rings. The van der Waals surface area contributed by atoms with Gasteiger partial charge in [0.2, 0.25) is 0 Å². The molecule has 1 rings (SSSR count). The number of aliphatic hydroxyl groups excluding tert-OH is 3. The third-order valence-electron chi connectivity index (χ3n) is 1.73. The van der Waals surface area contributed by atoms with Gasteiger partial charge < -0.3 is 44.4 Å². The van der Waals surface area contributed by atoms with Crippen LogP contribution in [0.2, 0.25) is 0 Å². The van der Waals surface area contributed by atoms with Gasteiger partial charge in [0, 0.05) is 0 Å². The molecule has 0 aliphatic carbocycles. The van der Waals surface area contributed by atoms with Crippen LogP contribution < -0.4 is 9.79 Å². The average Bonchev–Trinajstić information content (AvgIpc) is 2.28. The fourth-order valence-corrected chi connectivity index (χ4v) is 1.36. The number of phosphoric acid groups is 1. The van der Waals surface area contributed by atoms with Crippen LogP contribution in [0.25, 0.3) is 0 Å². The second-order valence-electron chi connectivity index (χ2n) is 2.79. The molecule has 9 nitrogen and oxygen atoms in total. The van der Waals surface area contributed by atoms with E-state index in [0.29, 0.717) is 0 Å². The van der Waals surface area contributed by atoms with E-state index in [1.807, 2.05) is 0 Å². The van der Waals surface area contributed by atoms with Crippen molar-refractivity contribution in [1.82, 2.24) is 0 Å². The number of rotatable bonds is 3. The zero-order valence-electron chi connectivity index (χ0n) is 8.05. The number of ether oxygens (including phenoxy) is 1. The molecular formula is C5H11BaO9P. The Balaban J connectivity index is 0. The summed E-state index contributed by atoms with van der Waals surface area (Å²) in [6.07, 6.45) is -5.88. The molecule has 1 fully saturated rings. The van der Waals surface area contributed by atoms with Gasteiger partial charge in [-0.3, -0.25) is 0 Å². The molecule has 4 atom stereocenters. The van der Waals surface area contributed by atoms with Crippen molar-refractivity contribution in [1.29, 1.82) is 0 Å². The van der Waals surface area contributed by atoms with Crippen LogP contribution in [-0.2, 0) is 13.8 Å². The van der Waals surface area contributed by atoms with Gasteiger partial charge in [0.1, 0.15) is 18.3 Å². The van der Waals surface area contributed by atoms with Gasteiger partial charge in [0.25, 0.3) is 0 Å². The second-order valence-corrected chi connectivity index (χ2v) is 3.94. The maximum absolute atomic E-state index is 10.0. The predicted octanol–water partition coefficient (Wildman–Crippen LogP) is -4.93. The number of phosphoric ester groups is 1. The van der Waals surface area contributed by atoms with E-state index >= 15 is 0 Å². The topological polar surface area (TPSA) is 174 Å². The van der Waals surface area contributed by atoms with E-state index in [0.717, 1.165) is 0 Å². The van der Waals surface area contributed by atoms with Crippen molar-refractivity contribution in [3.63, 3.8) is 0 Å². The van der Waals surface area contributed by atoms with Crippen LogP contribution in [0.5, 0.6) is 0 Å². The Morgan fingerprint density at radius 1 is 1.25 bits per heavy atom. The Bertz CT molecular complexity index is 244. The molecular weight excluding hydrogens is 372 g/mol. The van der Waals surface area contributed by atoms with Crippen molar-refractivity contribution in [2.75, 3.05) is 6.61 Å². The summed E-state index contributed by atoms with van der Waals surface area (Å²) in [5, 5.41) is 26.9. The maximum Gasteiger partial charge on any atom is 2.00 e. The molecule has 1 aliphatic heterocycles. The van der Waals surface area contributed by atoms with Crippen molar-refractivity contribution >= 4 is 56.7 Å². The van der Waals surface area contributed by atoms with Crippen molar-refractivity contribution in [3.8, 4) is 0 Å². The van der Waals surface area contributed by atoms with Gasteiger partial charge in [0.15, 0.2) is 6.29 Å². The van der Waals surface area contributed by atoms with Crippen molar-refractivity contribution in [2.45, 2.75) is 24.6 Å². The average molecular weight is 383 g/mol. The van der Waals surface area contributed by atoms with Crippen LogP contribution in [-0.4, -0.2) is 101 Å². The minimum Gasteiger partial charge on any atom is -0.790 e. The van der Waals surface area contributed by atoms with Crippen LogP contribution in [0, 0.1) is 0 Å². The van der Waals surface area contributed by atoms with Crippen molar-refractivity contribution in [2.24, 2.45) is 0 Å². The molecule has 5 N–H and O–H groups in total. The Morgan fingerprint density at radius 2 is 1.75 bits per heavy atom. The monoisotopic (exact) mass is 384 g/mol. The summed E-state index contributed by atoms with van der Waals surface area (Å²) in [6.45, 7) is -0.737. The van der Waals surface area contributed by atoms with E-state index in [-0.39, 0.29) is 54.4 Å². The Labute approximate surface area is 131 Å². The summed E-state index contributed by atoms with van der Waals surface area (Å²) in [7, 11) is -5.14. The summed E-state index contributed by atoms with van der Waals surface area (Å²) in [5.41, 5.74) is 0. The minimum atomic E-state index is -5.14. The molecule has 0 aromatic carbocycles. The summed E-state index contributed by atoms with van der Waals surface area (Å²) >= 11 is 0. The Hall–Kier alpha value is 1.48. The number of aliphatic hydroxyl groups is 3. The van der Waals surface area contributed by atoms with Crippen molar-refractivity contribution < 1.29 is 44.4 Å². The van der Waals surface area contributed by atoms with E-state index in [1.54, 1.807) is 0 Å². The molecule has 1 heterocycles. The quantitative estimate of drug-likeness (QED) is 0.321. The van der Waals surface area contributed by atoms with Crippen LogP contribution in [0.15, 0.2) is 0 Å². The van der Waals surface area contributed by atoms with Crippen LogP contribution >= 0.6 is 7.82 Å². The zero-order chi connectivity index (χ0) is 10.9. The molecule has 1 unspecified atom stereocenters. The molecule has 0 bridgehead atoms. The third-order valence-corrected chi connectivity index (χ3v) is 2.20. The number of hydrogen-bond acceptors (Lipinski definition) is 8. The van der Waals surface area contributed by atoms with Crippen LogP contribution in [0.3, 0.4) is 0 Å². The standard InChI is InChI=1S/C5H11O8P.Ba.H2O/c6-3-2(1-12-14(9,10)11)13-5(8)4(3)7;;/h2-8H,1H2,(H2,9,10,11);;1H2/q;+2;/p-2/t2-,3-,4-,5?;;/m1../s1. The van der Waals surface area contributed by atoms with Gasteiger partial charge >= 0.3 is 48.9 Å². The summed E-state index contributed by atoms with van der Waals surface area (Å²) in [4.78, 5) is 20.1. The van der Waals surface area contributed by atoms with Gasteiger partial charge in [-0.15, -0.1) is 0 Å². The minimum absolute atomic E-state index is 0. The first-order valence-electron chi connectivity index (χ1n) is 3.67. The Kier molecular flexibility index (Phi) is 9.68. The van der Waals surface area contributed by atoms with Crippen LogP contribution in [0.1, 0.15) is 0 Å². The molecule has 0 spiro atoms. The van der Waals surface area contributed by atoms with E-state index < -0.39 is 39.0 Å². The normalized spacial score (nSPS) is 34.1. The first-order chi connectivity index (χ1) is 6.31. The molecule has 0 saturated carbocycles. The first-order valence-corrected chi connectivity index (χ1v) is 5.13. The third kappa shape index (κ3) is 5.89. The largest absolute Gasteiger partial charge is 2.00 e. The molecule has 92 valence electrons. The second kappa shape index (κ2) is 7.82. The van der Waals surface area contributed by atoms with Gasteiger partial charge in [-0.1, -0.05) is 0 Å². The fourth-order valence-electron chi connectivity index (χ4n) is 1.03. The molecule has 11 heteroatoms. The van der Waals surface area contributed by atoms with E-state index in [4.69, 9.17) is 15.3 Å². The van der Waals surface area contributed by atoms with E-state index in [1.165, 1.54) is 0 Å². The SMILES string of the molecule is O.O=P([O-])([O-])OC[C@H]1OC(O)[C@H](O)[C@@H]1O.[Ba+2]. The molecule has 0 aromatic rings.